The van der Waals surface area contributed by atoms with Gasteiger partial charge in [-0.1, -0.05) is 6.42 Å². The SMILES string of the molecule is CC(C)NC(=S)NC(C)CN1CCCCC1. The first-order valence-corrected chi connectivity index (χ1v) is 6.78. The minimum Gasteiger partial charge on any atom is -0.361 e. The third-order valence-electron chi connectivity index (χ3n) is 2.78. The molecule has 1 unspecified atom stereocenters. The molecule has 1 fully saturated rings. The molecule has 0 aromatic carbocycles. The Labute approximate surface area is 105 Å². The smallest absolute Gasteiger partial charge is 0.166 e. The van der Waals surface area contributed by atoms with Gasteiger partial charge in [-0.3, -0.25) is 0 Å². The van der Waals surface area contributed by atoms with Crippen molar-refractivity contribution in [2.45, 2.75) is 52.1 Å². The van der Waals surface area contributed by atoms with E-state index in [1.807, 2.05) is 0 Å². The summed E-state index contributed by atoms with van der Waals surface area (Å²) in [6.07, 6.45) is 4.09. The molecule has 0 saturated carbocycles. The Morgan fingerprint density at radius 1 is 1.12 bits per heavy atom. The Morgan fingerprint density at radius 3 is 2.31 bits per heavy atom. The van der Waals surface area contributed by atoms with E-state index in [4.69, 9.17) is 12.2 Å². The van der Waals surface area contributed by atoms with Crippen LogP contribution >= 0.6 is 12.2 Å². The number of rotatable bonds is 4. The number of hydrogen-bond acceptors (Lipinski definition) is 2. The fourth-order valence-corrected chi connectivity index (χ4v) is 2.54. The van der Waals surface area contributed by atoms with Gasteiger partial charge in [0.2, 0.25) is 0 Å². The third kappa shape index (κ3) is 5.66. The zero-order chi connectivity index (χ0) is 12.0. The number of thiocarbonyl (C=S) groups is 1. The van der Waals surface area contributed by atoms with E-state index in [2.05, 4.69) is 36.3 Å². The summed E-state index contributed by atoms with van der Waals surface area (Å²) in [4.78, 5) is 2.53. The van der Waals surface area contributed by atoms with Crippen molar-refractivity contribution in [2.75, 3.05) is 19.6 Å². The number of nitrogens with one attached hydrogen (secondary N) is 2. The molecule has 0 radical (unpaired) electrons. The molecule has 1 aliphatic heterocycles. The van der Waals surface area contributed by atoms with E-state index in [1.165, 1.54) is 32.4 Å². The minimum absolute atomic E-state index is 0.405. The van der Waals surface area contributed by atoms with Crippen molar-refractivity contribution in [3.63, 3.8) is 0 Å². The molecule has 0 aromatic heterocycles. The summed E-state index contributed by atoms with van der Waals surface area (Å²) in [5, 5.41) is 7.33. The molecule has 3 nitrogen and oxygen atoms in total. The van der Waals surface area contributed by atoms with E-state index in [9.17, 15) is 0 Å². The largest absolute Gasteiger partial charge is 0.361 e. The van der Waals surface area contributed by atoms with Crippen LogP contribution in [0.5, 0.6) is 0 Å². The first kappa shape index (κ1) is 13.7. The highest BCUT2D eigenvalue weighted by Gasteiger charge is 2.13. The summed E-state index contributed by atoms with van der Waals surface area (Å²) in [6, 6.07) is 0.832. The Kier molecular flexibility index (Phi) is 6.06. The first-order chi connectivity index (χ1) is 7.58. The Balaban J connectivity index is 2.18. The van der Waals surface area contributed by atoms with Gasteiger partial charge in [-0.25, -0.2) is 0 Å². The summed E-state index contributed by atoms with van der Waals surface area (Å²) >= 11 is 5.23. The van der Waals surface area contributed by atoms with Crippen LogP contribution in [0.3, 0.4) is 0 Å². The molecule has 1 saturated heterocycles. The van der Waals surface area contributed by atoms with Crippen LogP contribution in [0.2, 0.25) is 0 Å². The predicted molar refractivity (Wildman–Crippen MR) is 73.8 cm³/mol. The van der Waals surface area contributed by atoms with Gasteiger partial charge in [0.15, 0.2) is 5.11 Å². The van der Waals surface area contributed by atoms with Crippen molar-refractivity contribution in [3.8, 4) is 0 Å². The van der Waals surface area contributed by atoms with Crippen LogP contribution in [0.1, 0.15) is 40.0 Å². The lowest BCUT2D eigenvalue weighted by Gasteiger charge is -2.30. The normalized spacial score (nSPS) is 19.5. The molecule has 94 valence electrons. The van der Waals surface area contributed by atoms with Gasteiger partial charge in [0.05, 0.1) is 0 Å². The standard InChI is InChI=1S/C12H25N3S/c1-10(2)13-12(16)14-11(3)9-15-7-5-4-6-8-15/h10-11H,4-9H2,1-3H3,(H2,13,14,16). The van der Waals surface area contributed by atoms with Crippen molar-refractivity contribution < 1.29 is 0 Å². The van der Waals surface area contributed by atoms with Gasteiger partial charge >= 0.3 is 0 Å². The van der Waals surface area contributed by atoms with Crippen LogP contribution in [0.15, 0.2) is 0 Å². The van der Waals surface area contributed by atoms with Crippen LogP contribution in [0.4, 0.5) is 0 Å². The zero-order valence-corrected chi connectivity index (χ0v) is 11.6. The number of likely N-dealkylation sites (tertiary alicyclic amines) is 1. The summed E-state index contributed by atoms with van der Waals surface area (Å²) in [7, 11) is 0. The molecule has 0 aromatic rings. The molecular weight excluding hydrogens is 218 g/mol. The molecule has 1 aliphatic rings. The molecule has 0 aliphatic carbocycles. The minimum atomic E-state index is 0.405. The second-order valence-corrected chi connectivity index (χ2v) is 5.44. The van der Waals surface area contributed by atoms with E-state index in [0.717, 1.165) is 11.7 Å². The van der Waals surface area contributed by atoms with Gasteiger partial charge in [0.1, 0.15) is 0 Å². The van der Waals surface area contributed by atoms with Crippen LogP contribution in [0.25, 0.3) is 0 Å². The van der Waals surface area contributed by atoms with Crippen LogP contribution in [-0.2, 0) is 0 Å². The Morgan fingerprint density at radius 2 is 1.75 bits per heavy atom. The van der Waals surface area contributed by atoms with Gasteiger partial charge < -0.3 is 15.5 Å². The molecular formula is C12H25N3S. The average Bonchev–Trinajstić information content (AvgIpc) is 2.17. The molecule has 0 bridgehead atoms. The average molecular weight is 243 g/mol. The Bertz CT molecular complexity index is 212. The van der Waals surface area contributed by atoms with Crippen molar-refractivity contribution in [1.82, 2.24) is 15.5 Å². The second kappa shape index (κ2) is 7.07. The molecule has 1 atom stereocenters. The van der Waals surface area contributed by atoms with Gasteiger partial charge in [-0.15, -0.1) is 0 Å². The summed E-state index contributed by atoms with van der Waals surface area (Å²) in [5.41, 5.74) is 0. The summed E-state index contributed by atoms with van der Waals surface area (Å²) in [5.74, 6) is 0. The monoisotopic (exact) mass is 243 g/mol. The summed E-state index contributed by atoms with van der Waals surface area (Å²) in [6.45, 7) is 9.99. The highest BCUT2D eigenvalue weighted by atomic mass is 32.1. The highest BCUT2D eigenvalue weighted by Crippen LogP contribution is 2.08. The van der Waals surface area contributed by atoms with Gasteiger partial charge in [-0.05, 0) is 58.9 Å². The van der Waals surface area contributed by atoms with E-state index < -0.39 is 0 Å². The van der Waals surface area contributed by atoms with Crippen molar-refractivity contribution in [3.05, 3.63) is 0 Å². The molecule has 0 amide bonds. The lowest BCUT2D eigenvalue weighted by Crippen LogP contribution is -2.48. The lowest BCUT2D eigenvalue weighted by molar-refractivity contribution is 0.215. The molecule has 0 spiro atoms. The summed E-state index contributed by atoms with van der Waals surface area (Å²) < 4.78 is 0. The molecule has 1 rings (SSSR count). The third-order valence-corrected chi connectivity index (χ3v) is 3.01. The van der Waals surface area contributed by atoms with E-state index >= 15 is 0 Å². The molecule has 1 heterocycles. The maximum Gasteiger partial charge on any atom is 0.166 e. The van der Waals surface area contributed by atoms with Gasteiger partial charge in [0, 0.05) is 18.6 Å². The van der Waals surface area contributed by atoms with Crippen LogP contribution in [0, 0.1) is 0 Å². The number of hydrogen-bond donors (Lipinski definition) is 2. The Hall–Kier alpha value is -0.350. The maximum absolute atomic E-state index is 5.23. The van der Waals surface area contributed by atoms with E-state index in [1.54, 1.807) is 0 Å². The fraction of sp³-hybridized carbons (Fsp3) is 0.917. The van der Waals surface area contributed by atoms with E-state index in [0.29, 0.717) is 12.1 Å². The van der Waals surface area contributed by atoms with Gasteiger partial charge in [0.25, 0.3) is 0 Å². The topological polar surface area (TPSA) is 27.3 Å². The number of nitrogens with zero attached hydrogens (tertiary/aromatic N) is 1. The quantitative estimate of drug-likeness (QED) is 0.736. The highest BCUT2D eigenvalue weighted by molar-refractivity contribution is 7.80. The maximum atomic E-state index is 5.23. The number of piperidine rings is 1. The van der Waals surface area contributed by atoms with Crippen molar-refractivity contribution in [1.29, 1.82) is 0 Å². The second-order valence-electron chi connectivity index (χ2n) is 5.03. The van der Waals surface area contributed by atoms with E-state index in [-0.39, 0.29) is 0 Å². The molecule has 2 N–H and O–H groups in total. The van der Waals surface area contributed by atoms with Crippen LogP contribution < -0.4 is 10.6 Å². The predicted octanol–water partition coefficient (Wildman–Crippen LogP) is 1.73. The van der Waals surface area contributed by atoms with Crippen molar-refractivity contribution >= 4 is 17.3 Å². The van der Waals surface area contributed by atoms with Crippen LogP contribution in [-0.4, -0.2) is 41.7 Å². The van der Waals surface area contributed by atoms with Gasteiger partial charge in [-0.2, -0.15) is 0 Å². The lowest BCUT2D eigenvalue weighted by atomic mass is 10.1. The first-order valence-electron chi connectivity index (χ1n) is 6.37. The van der Waals surface area contributed by atoms with Crippen molar-refractivity contribution in [2.24, 2.45) is 0 Å². The zero-order valence-electron chi connectivity index (χ0n) is 10.8. The fourth-order valence-electron chi connectivity index (χ4n) is 2.10. The molecule has 4 heteroatoms. The molecule has 16 heavy (non-hydrogen) atoms.